The van der Waals surface area contributed by atoms with Crippen molar-refractivity contribution in [3.63, 3.8) is 0 Å². The molecule has 0 bridgehead atoms. The molecule has 0 N–H and O–H groups in total. The maximum absolute atomic E-state index is 5.25. The van der Waals surface area contributed by atoms with Gasteiger partial charge in [0.05, 0.1) is 33.5 Å². The number of thiophene rings is 1. The van der Waals surface area contributed by atoms with Gasteiger partial charge in [0.2, 0.25) is 11.9 Å². The summed E-state index contributed by atoms with van der Waals surface area (Å²) in [6.45, 7) is 14.0. The van der Waals surface area contributed by atoms with Gasteiger partial charge < -0.3 is 0 Å². The van der Waals surface area contributed by atoms with Crippen molar-refractivity contribution in [2.45, 2.75) is 57.8 Å². The molecule has 7 heteroatoms. The second kappa shape index (κ2) is 20.8. The molecule has 0 atom stereocenters. The minimum Gasteiger partial charge on any atom is -0.278 e. The van der Waals surface area contributed by atoms with Crippen molar-refractivity contribution in [3.8, 4) is 90.0 Å². The molecule has 3 aliphatic rings. The van der Waals surface area contributed by atoms with Crippen molar-refractivity contribution in [1.82, 2.24) is 29.1 Å². The summed E-state index contributed by atoms with van der Waals surface area (Å²) >= 11 is 1.86. The van der Waals surface area contributed by atoms with Crippen LogP contribution >= 0.6 is 11.3 Å². The Morgan fingerprint density at radius 1 is 0.281 bits per heavy atom. The van der Waals surface area contributed by atoms with Crippen LogP contribution in [0, 0.1) is 0 Å². The molecular formula is C89H64N6S. The molecule has 0 saturated carbocycles. The molecule has 0 fully saturated rings. The van der Waals surface area contributed by atoms with Gasteiger partial charge in [0.15, 0.2) is 0 Å². The van der Waals surface area contributed by atoms with Crippen LogP contribution in [-0.2, 0) is 16.2 Å². The summed E-state index contributed by atoms with van der Waals surface area (Å²) in [4.78, 5) is 20.2. The van der Waals surface area contributed by atoms with Gasteiger partial charge in [-0.25, -0.2) is 19.9 Å². The zero-order chi connectivity index (χ0) is 64.3. The second-order valence-electron chi connectivity index (χ2n) is 27.7. The quantitative estimate of drug-likeness (QED) is 0.166. The fourth-order valence-corrected chi connectivity index (χ4v) is 17.8. The van der Waals surface area contributed by atoms with E-state index < -0.39 is 0 Å². The van der Waals surface area contributed by atoms with Crippen molar-refractivity contribution < 1.29 is 0 Å². The summed E-state index contributed by atoms with van der Waals surface area (Å²) in [7, 11) is 0. The Morgan fingerprint density at radius 3 is 1.29 bits per heavy atom. The van der Waals surface area contributed by atoms with E-state index in [0.29, 0.717) is 11.9 Å². The molecule has 17 aromatic rings. The predicted octanol–water partition coefficient (Wildman–Crippen LogP) is 23.1. The molecule has 3 aliphatic carbocycles. The highest BCUT2D eigenvalue weighted by Crippen LogP contribution is 2.54. The lowest BCUT2D eigenvalue weighted by atomic mass is 9.81. The lowest BCUT2D eigenvalue weighted by Crippen LogP contribution is -2.15. The number of hydrogen-bond acceptors (Lipinski definition) is 5. The fraction of sp³-hybridized carbons (Fsp3) is 0.101. The zero-order valence-electron chi connectivity index (χ0n) is 54.1. The van der Waals surface area contributed by atoms with Crippen LogP contribution in [-0.4, -0.2) is 29.1 Å². The maximum Gasteiger partial charge on any atom is 0.235 e. The fourth-order valence-electron chi connectivity index (χ4n) is 16.5. The number of rotatable bonds is 6. The van der Waals surface area contributed by atoms with E-state index in [1.54, 1.807) is 0 Å². The van der Waals surface area contributed by atoms with Crippen LogP contribution in [0.4, 0.5) is 0 Å². The van der Waals surface area contributed by atoms with Crippen LogP contribution in [0.15, 0.2) is 279 Å². The Labute approximate surface area is 561 Å². The van der Waals surface area contributed by atoms with Crippen molar-refractivity contribution in [3.05, 3.63) is 313 Å². The summed E-state index contributed by atoms with van der Waals surface area (Å²) in [6.07, 6.45) is 3.78. The van der Waals surface area contributed by atoms with Gasteiger partial charge in [-0.1, -0.05) is 236 Å². The highest BCUT2D eigenvalue weighted by atomic mass is 32.1. The van der Waals surface area contributed by atoms with E-state index in [9.17, 15) is 0 Å². The highest BCUT2D eigenvalue weighted by molar-refractivity contribution is 7.26. The van der Waals surface area contributed by atoms with Gasteiger partial charge >= 0.3 is 0 Å². The Balaban J connectivity index is 0.000000135. The standard InChI is InChI=1S/C46H35N3.C43H29N3S/c1-45(2)37-17-8-5-14-31(37)33-21-20-29(25-39(33)45)28-12-11-13-30(24-28)41-22-23-47-44(48-41)49-42-19-10-7-16-34(42)36-26-35-32-15-6-9-18-38(32)46(3,4)40(35)27-43(36)49;1-43(2)34-15-6-3-12-29(34)30-19-18-27(25-35(30)43)26-10-9-11-28(24-26)36-22-23-44-42(45-36)46-37-16-7-4-14-33(37)40-38(46)21-20-32-31-13-5-8-17-39(31)47-41(32)40/h5-27H,1-4H3;3-25H,1-2H3. The molecule has 6 nitrogen and oxygen atoms in total. The molecule has 0 aliphatic heterocycles. The minimum absolute atomic E-state index is 0.0369. The average molecular weight is 1250 g/mol. The first kappa shape index (κ1) is 56.2. The largest absolute Gasteiger partial charge is 0.278 e. The van der Waals surface area contributed by atoms with Gasteiger partial charge in [0.25, 0.3) is 0 Å². The summed E-state index contributed by atoms with van der Waals surface area (Å²) in [5.41, 5.74) is 29.3. The normalized spacial score (nSPS) is 14.2. The van der Waals surface area contributed by atoms with E-state index in [0.717, 1.165) is 44.6 Å². The van der Waals surface area contributed by atoms with Gasteiger partial charge in [-0.05, 0) is 162 Å². The van der Waals surface area contributed by atoms with Gasteiger partial charge in [0, 0.05) is 81.5 Å². The third-order valence-electron chi connectivity index (χ3n) is 21.4. The van der Waals surface area contributed by atoms with E-state index in [2.05, 4.69) is 305 Å². The van der Waals surface area contributed by atoms with Gasteiger partial charge in [-0.2, -0.15) is 0 Å². The second-order valence-corrected chi connectivity index (χ2v) is 28.8. The first-order valence-electron chi connectivity index (χ1n) is 33.3. The topological polar surface area (TPSA) is 61.4 Å². The Bertz CT molecular complexity index is 6150. The number of nitrogens with zero attached hydrogens (tertiary/aromatic N) is 6. The van der Waals surface area contributed by atoms with Crippen molar-refractivity contribution >= 4 is 75.1 Å². The lowest BCUT2D eigenvalue weighted by molar-refractivity contribution is 0.660. The number of hydrogen-bond donors (Lipinski definition) is 0. The molecule has 5 aromatic heterocycles. The molecule has 12 aromatic carbocycles. The van der Waals surface area contributed by atoms with Crippen LogP contribution in [0.25, 0.3) is 154 Å². The Morgan fingerprint density at radius 2 is 0.719 bits per heavy atom. The number of para-hydroxylation sites is 2. The minimum atomic E-state index is -0.0971. The third kappa shape index (κ3) is 8.29. The summed E-state index contributed by atoms with van der Waals surface area (Å²) < 4.78 is 7.09. The van der Waals surface area contributed by atoms with Gasteiger partial charge in [-0.15, -0.1) is 11.3 Å². The summed E-state index contributed by atoms with van der Waals surface area (Å²) in [5, 5.41) is 7.51. The van der Waals surface area contributed by atoms with Crippen molar-refractivity contribution in [1.29, 1.82) is 0 Å². The van der Waals surface area contributed by atoms with Crippen molar-refractivity contribution in [2.75, 3.05) is 0 Å². The molecule has 20 rings (SSSR count). The molecule has 0 radical (unpaired) electrons. The molecular weight excluding hydrogens is 1190 g/mol. The van der Waals surface area contributed by atoms with E-state index in [1.807, 2.05) is 35.9 Å². The van der Waals surface area contributed by atoms with Crippen LogP contribution in [0.5, 0.6) is 0 Å². The molecule has 0 amide bonds. The first-order chi connectivity index (χ1) is 46.9. The Kier molecular flexibility index (Phi) is 12.2. The molecule has 0 spiro atoms. The molecule has 0 saturated heterocycles. The summed E-state index contributed by atoms with van der Waals surface area (Å²) in [6, 6.07) is 97.1. The average Bonchev–Trinajstić information content (AvgIpc) is 1.54. The molecule has 0 unspecified atom stereocenters. The first-order valence-corrected chi connectivity index (χ1v) is 34.1. The van der Waals surface area contributed by atoms with Gasteiger partial charge in [0.1, 0.15) is 0 Å². The Hall–Kier alpha value is -11.4. The van der Waals surface area contributed by atoms with Crippen LogP contribution < -0.4 is 0 Å². The third-order valence-corrected chi connectivity index (χ3v) is 22.6. The van der Waals surface area contributed by atoms with Crippen LogP contribution in [0.2, 0.25) is 0 Å². The van der Waals surface area contributed by atoms with Crippen LogP contribution in [0.1, 0.15) is 74.9 Å². The monoisotopic (exact) mass is 1250 g/mol. The highest BCUT2D eigenvalue weighted by Gasteiger charge is 2.38. The van der Waals surface area contributed by atoms with E-state index in [4.69, 9.17) is 19.9 Å². The number of fused-ring (bicyclic) bond motifs is 19. The SMILES string of the molecule is CC1(C)c2ccccc2-c2ccc(-c3cccc(-c4ccnc(-n5c6ccccc6c6c7sc8ccccc8c7ccc65)n4)c3)cc21.CC1(C)c2ccccc2-c2ccc(-c3cccc(-c4ccnc(-n5c6ccccc6c6cc7c(cc65)C(C)(C)c5ccccc5-7)n4)c3)cc21. The van der Waals surface area contributed by atoms with E-state index >= 15 is 0 Å². The molecule has 5 heterocycles. The van der Waals surface area contributed by atoms with Crippen LogP contribution in [0.3, 0.4) is 0 Å². The maximum atomic E-state index is 5.25. The number of aromatic nitrogens is 6. The molecule has 456 valence electrons. The smallest absolute Gasteiger partial charge is 0.235 e. The van der Waals surface area contributed by atoms with E-state index in [1.165, 1.54) is 131 Å². The van der Waals surface area contributed by atoms with E-state index in [-0.39, 0.29) is 16.2 Å². The number of benzene rings is 12. The molecule has 96 heavy (non-hydrogen) atoms. The zero-order valence-corrected chi connectivity index (χ0v) is 55.0. The predicted molar refractivity (Wildman–Crippen MR) is 400 cm³/mol. The van der Waals surface area contributed by atoms with Crippen molar-refractivity contribution in [2.24, 2.45) is 0 Å². The van der Waals surface area contributed by atoms with Gasteiger partial charge in [-0.3, -0.25) is 9.13 Å². The summed E-state index contributed by atoms with van der Waals surface area (Å²) in [5.74, 6) is 1.36. The lowest BCUT2D eigenvalue weighted by Gasteiger charge is -2.22.